The summed E-state index contributed by atoms with van der Waals surface area (Å²) in [5.41, 5.74) is -0.265. The van der Waals surface area contributed by atoms with Crippen LogP contribution in [-0.2, 0) is 14.8 Å². The highest BCUT2D eigenvalue weighted by atomic mass is 35.5. The number of nitrogens with zero attached hydrogens (tertiary/aromatic N) is 2. The van der Waals surface area contributed by atoms with Crippen LogP contribution in [-0.4, -0.2) is 37.0 Å². The Bertz CT molecular complexity index is 668. The maximum Gasteiger partial charge on any atom is 0.271 e. The Balaban J connectivity index is 2.28. The molecule has 114 valence electrons. The third kappa shape index (κ3) is 3.22. The monoisotopic (exact) mass is 332 g/mol. The molecule has 0 spiro atoms. The van der Waals surface area contributed by atoms with Crippen LogP contribution in [0, 0.1) is 16.0 Å². The lowest BCUT2D eigenvalue weighted by molar-refractivity contribution is -0.384. The quantitative estimate of drug-likeness (QED) is 0.476. The topological polar surface area (TPSA) is 97.6 Å². The second-order valence-electron chi connectivity index (χ2n) is 4.75. The van der Waals surface area contributed by atoms with Crippen molar-refractivity contribution >= 4 is 33.6 Å². The summed E-state index contributed by atoms with van der Waals surface area (Å²) >= 11 is 5.87. The first kappa shape index (κ1) is 15.9. The largest absolute Gasteiger partial charge is 0.303 e. The molecule has 0 radical (unpaired) electrons. The van der Waals surface area contributed by atoms with Gasteiger partial charge in [-0.3, -0.25) is 10.1 Å². The van der Waals surface area contributed by atoms with Gasteiger partial charge in [0.2, 0.25) is 10.0 Å². The summed E-state index contributed by atoms with van der Waals surface area (Å²) in [6.45, 7) is 0.470. The Morgan fingerprint density at radius 2 is 1.95 bits per heavy atom. The minimum absolute atomic E-state index is 0.121. The molecule has 9 heteroatoms. The zero-order valence-electron chi connectivity index (χ0n) is 10.9. The van der Waals surface area contributed by atoms with E-state index in [9.17, 15) is 23.3 Å². The second kappa shape index (κ2) is 6.08. The van der Waals surface area contributed by atoms with Crippen molar-refractivity contribution in [2.75, 3.05) is 13.1 Å². The molecular formula is C12H13ClN2O5S. The van der Waals surface area contributed by atoms with Crippen molar-refractivity contribution in [2.45, 2.75) is 17.7 Å². The van der Waals surface area contributed by atoms with Gasteiger partial charge in [0.05, 0.1) is 9.95 Å². The summed E-state index contributed by atoms with van der Waals surface area (Å²) in [7, 11) is -3.80. The first-order chi connectivity index (χ1) is 9.86. The molecule has 0 N–H and O–H groups in total. The molecule has 0 aliphatic carbocycles. The van der Waals surface area contributed by atoms with Crippen LogP contribution in [0.4, 0.5) is 5.69 Å². The number of hydrogen-bond donors (Lipinski definition) is 0. The number of rotatable bonds is 4. The molecule has 21 heavy (non-hydrogen) atoms. The van der Waals surface area contributed by atoms with Crippen LogP contribution in [0.2, 0.25) is 5.02 Å². The van der Waals surface area contributed by atoms with Gasteiger partial charge in [0.15, 0.2) is 0 Å². The number of carbonyl (C=O) groups is 1. The Labute approximate surface area is 126 Å². The second-order valence-corrected chi connectivity index (χ2v) is 7.06. The number of halogens is 1. The number of carbonyl (C=O) groups excluding carboxylic acids is 1. The summed E-state index contributed by atoms with van der Waals surface area (Å²) in [6, 6.07) is 3.27. The van der Waals surface area contributed by atoms with Gasteiger partial charge in [-0.2, -0.15) is 4.31 Å². The number of nitro groups is 1. The fourth-order valence-corrected chi connectivity index (χ4v) is 4.19. The highest BCUT2D eigenvalue weighted by Gasteiger charge is 2.31. The third-order valence-corrected chi connectivity index (χ3v) is 5.82. The molecule has 1 aromatic carbocycles. The van der Waals surface area contributed by atoms with Gasteiger partial charge in [-0.25, -0.2) is 8.42 Å². The third-order valence-electron chi connectivity index (χ3n) is 3.44. The van der Waals surface area contributed by atoms with Crippen LogP contribution in [0.15, 0.2) is 23.1 Å². The van der Waals surface area contributed by atoms with Crippen molar-refractivity contribution in [3.05, 3.63) is 33.3 Å². The van der Waals surface area contributed by atoms with Crippen LogP contribution in [0.1, 0.15) is 12.8 Å². The van der Waals surface area contributed by atoms with Gasteiger partial charge < -0.3 is 4.79 Å². The van der Waals surface area contributed by atoms with Gasteiger partial charge >= 0.3 is 0 Å². The molecule has 0 saturated carbocycles. The standard InChI is InChI=1S/C12H13ClN2O5S/c13-11-7-10(15(17)18)1-2-12(11)21(19,20)14-5-3-9(8-16)4-6-14/h1-2,7-9H,3-6H2. The molecule has 1 saturated heterocycles. The van der Waals surface area contributed by atoms with E-state index in [1.54, 1.807) is 0 Å². The molecule has 0 aromatic heterocycles. The fourth-order valence-electron chi connectivity index (χ4n) is 2.20. The SMILES string of the molecule is O=CC1CCN(S(=O)(=O)c2ccc([N+](=O)[O-])cc2Cl)CC1. The van der Waals surface area contributed by atoms with E-state index < -0.39 is 14.9 Å². The van der Waals surface area contributed by atoms with Gasteiger partial charge in [0, 0.05) is 31.1 Å². The molecule has 1 aliphatic heterocycles. The van der Waals surface area contributed by atoms with Crippen LogP contribution < -0.4 is 0 Å². The number of aldehydes is 1. The molecule has 1 aromatic rings. The zero-order valence-corrected chi connectivity index (χ0v) is 12.5. The average Bonchev–Trinajstić information content (AvgIpc) is 2.46. The van der Waals surface area contributed by atoms with E-state index in [0.717, 1.165) is 24.5 Å². The van der Waals surface area contributed by atoms with Gasteiger partial charge in [0.1, 0.15) is 11.2 Å². The predicted molar refractivity (Wildman–Crippen MR) is 75.7 cm³/mol. The van der Waals surface area contributed by atoms with Gasteiger partial charge in [-0.15, -0.1) is 0 Å². The highest BCUT2D eigenvalue weighted by Crippen LogP contribution is 2.30. The number of hydrogen-bond acceptors (Lipinski definition) is 5. The van der Waals surface area contributed by atoms with Crippen molar-refractivity contribution in [3.8, 4) is 0 Å². The number of non-ortho nitro benzene ring substituents is 1. The number of sulfonamides is 1. The number of benzene rings is 1. The fraction of sp³-hybridized carbons (Fsp3) is 0.417. The van der Waals surface area contributed by atoms with Crippen LogP contribution >= 0.6 is 11.6 Å². The Morgan fingerprint density at radius 1 is 1.33 bits per heavy atom. The average molecular weight is 333 g/mol. The molecule has 2 rings (SSSR count). The van der Waals surface area contributed by atoms with E-state index in [1.165, 1.54) is 4.31 Å². The van der Waals surface area contributed by atoms with Crippen molar-refractivity contribution in [2.24, 2.45) is 5.92 Å². The van der Waals surface area contributed by atoms with E-state index >= 15 is 0 Å². The minimum Gasteiger partial charge on any atom is -0.303 e. The van der Waals surface area contributed by atoms with Gasteiger partial charge in [-0.05, 0) is 18.9 Å². The van der Waals surface area contributed by atoms with Gasteiger partial charge in [-0.1, -0.05) is 11.6 Å². The number of piperidine rings is 1. The van der Waals surface area contributed by atoms with Crippen LogP contribution in [0.3, 0.4) is 0 Å². The lowest BCUT2D eigenvalue weighted by Gasteiger charge is -2.29. The smallest absolute Gasteiger partial charge is 0.271 e. The van der Waals surface area contributed by atoms with Crippen molar-refractivity contribution in [3.63, 3.8) is 0 Å². The Kier molecular flexibility index (Phi) is 4.60. The lowest BCUT2D eigenvalue weighted by atomic mass is 10.0. The number of nitro benzene ring substituents is 1. The lowest BCUT2D eigenvalue weighted by Crippen LogP contribution is -2.38. The summed E-state index contributed by atoms with van der Waals surface area (Å²) < 4.78 is 26.2. The molecule has 0 unspecified atom stereocenters. The Hall–Kier alpha value is -1.51. The highest BCUT2D eigenvalue weighted by molar-refractivity contribution is 7.89. The minimum atomic E-state index is -3.80. The first-order valence-corrected chi connectivity index (χ1v) is 8.07. The van der Waals surface area contributed by atoms with Crippen LogP contribution in [0.25, 0.3) is 0 Å². The van der Waals surface area contributed by atoms with E-state index in [2.05, 4.69) is 0 Å². The molecule has 1 fully saturated rings. The van der Waals surface area contributed by atoms with Crippen molar-refractivity contribution < 1.29 is 18.1 Å². The van der Waals surface area contributed by atoms with E-state index in [4.69, 9.17) is 11.6 Å². The van der Waals surface area contributed by atoms with E-state index in [0.29, 0.717) is 12.8 Å². The summed E-state index contributed by atoms with van der Waals surface area (Å²) in [5, 5.41) is 10.5. The maximum absolute atomic E-state index is 12.5. The van der Waals surface area contributed by atoms with Crippen LogP contribution in [0.5, 0.6) is 0 Å². The normalized spacial score (nSPS) is 17.6. The Morgan fingerprint density at radius 3 is 2.43 bits per heavy atom. The van der Waals surface area contributed by atoms with E-state index in [-0.39, 0.29) is 34.6 Å². The summed E-state index contributed by atoms with van der Waals surface area (Å²) in [5.74, 6) is -0.121. The predicted octanol–water partition coefficient (Wildman–Crippen LogP) is 1.85. The van der Waals surface area contributed by atoms with E-state index in [1.807, 2.05) is 0 Å². The summed E-state index contributed by atoms with van der Waals surface area (Å²) in [4.78, 5) is 20.5. The summed E-state index contributed by atoms with van der Waals surface area (Å²) in [6.07, 6.45) is 1.77. The zero-order chi connectivity index (χ0) is 15.6. The van der Waals surface area contributed by atoms with Gasteiger partial charge in [0.25, 0.3) is 5.69 Å². The molecule has 0 bridgehead atoms. The molecule has 1 aliphatic rings. The molecule has 0 atom stereocenters. The van der Waals surface area contributed by atoms with Crippen molar-refractivity contribution in [1.29, 1.82) is 0 Å². The molecular weight excluding hydrogens is 320 g/mol. The molecule has 7 nitrogen and oxygen atoms in total. The molecule has 1 heterocycles. The van der Waals surface area contributed by atoms with Crippen molar-refractivity contribution in [1.82, 2.24) is 4.31 Å². The molecule has 0 amide bonds. The first-order valence-electron chi connectivity index (χ1n) is 6.25. The maximum atomic E-state index is 12.5.